The van der Waals surface area contributed by atoms with Crippen LogP contribution in [0.15, 0.2) is 47.1 Å². The van der Waals surface area contributed by atoms with E-state index in [0.717, 1.165) is 35.6 Å². The fraction of sp³-hybridized carbons (Fsp3) is 0.267. The molecule has 0 bridgehead atoms. The summed E-state index contributed by atoms with van der Waals surface area (Å²) in [4.78, 5) is 0. The van der Waals surface area contributed by atoms with Crippen molar-refractivity contribution in [1.29, 1.82) is 0 Å². The topological polar surface area (TPSA) is 82.8 Å². The summed E-state index contributed by atoms with van der Waals surface area (Å²) in [5, 5.41) is 12.3. The first-order valence-corrected chi connectivity index (χ1v) is 6.95. The maximum Gasteiger partial charge on any atom is 0.158 e. The molecule has 0 saturated carbocycles. The quantitative estimate of drug-likeness (QED) is 0.746. The van der Waals surface area contributed by atoms with Crippen LogP contribution in [-0.4, -0.2) is 26.7 Å². The van der Waals surface area contributed by atoms with E-state index in [1.54, 1.807) is 4.68 Å². The van der Waals surface area contributed by atoms with Gasteiger partial charge in [-0.1, -0.05) is 40.7 Å². The molecule has 0 radical (unpaired) electrons. The Bertz CT molecular complexity index is 689. The van der Waals surface area contributed by atoms with Gasteiger partial charge in [-0.2, -0.15) is 0 Å². The van der Waals surface area contributed by atoms with Gasteiger partial charge in [-0.15, -0.1) is 5.10 Å². The third-order valence-electron chi connectivity index (χ3n) is 3.17. The molecule has 0 aliphatic carbocycles. The molecule has 0 amide bonds. The van der Waals surface area contributed by atoms with Crippen molar-refractivity contribution in [2.45, 2.75) is 19.4 Å². The van der Waals surface area contributed by atoms with E-state index in [9.17, 15) is 0 Å². The lowest BCUT2D eigenvalue weighted by molar-refractivity contribution is 0.372. The monoisotopic (exact) mass is 283 g/mol. The third-order valence-corrected chi connectivity index (χ3v) is 3.17. The normalized spacial score (nSPS) is 10.9. The second-order valence-corrected chi connectivity index (χ2v) is 4.84. The SMILES string of the molecule is NCCCc1cn(Cc2cc(-c3ccccc3)no2)nn1. The molecule has 0 fully saturated rings. The number of benzene rings is 1. The zero-order valence-electron chi connectivity index (χ0n) is 11.6. The highest BCUT2D eigenvalue weighted by Crippen LogP contribution is 2.18. The van der Waals surface area contributed by atoms with Crippen LogP contribution in [0, 0.1) is 0 Å². The predicted molar refractivity (Wildman–Crippen MR) is 78.4 cm³/mol. The Labute approximate surface area is 122 Å². The molecular formula is C15H17N5O. The van der Waals surface area contributed by atoms with Gasteiger partial charge < -0.3 is 10.3 Å². The van der Waals surface area contributed by atoms with Crippen LogP contribution in [-0.2, 0) is 13.0 Å². The van der Waals surface area contributed by atoms with Crippen LogP contribution in [0.5, 0.6) is 0 Å². The minimum atomic E-state index is 0.523. The Morgan fingerprint density at radius 2 is 2.05 bits per heavy atom. The van der Waals surface area contributed by atoms with Crippen molar-refractivity contribution in [3.8, 4) is 11.3 Å². The Kier molecular flexibility index (Phi) is 4.07. The van der Waals surface area contributed by atoms with Crippen LogP contribution < -0.4 is 5.73 Å². The molecule has 108 valence electrons. The highest BCUT2D eigenvalue weighted by molar-refractivity contribution is 5.58. The first-order valence-electron chi connectivity index (χ1n) is 6.95. The van der Waals surface area contributed by atoms with E-state index in [2.05, 4.69) is 15.5 Å². The highest BCUT2D eigenvalue weighted by Gasteiger charge is 2.08. The minimum Gasteiger partial charge on any atom is -0.359 e. The van der Waals surface area contributed by atoms with Crippen molar-refractivity contribution >= 4 is 0 Å². The summed E-state index contributed by atoms with van der Waals surface area (Å²) >= 11 is 0. The first-order chi connectivity index (χ1) is 10.3. The molecule has 0 spiro atoms. The van der Waals surface area contributed by atoms with Crippen molar-refractivity contribution in [2.24, 2.45) is 5.73 Å². The van der Waals surface area contributed by atoms with E-state index in [-0.39, 0.29) is 0 Å². The number of nitrogens with two attached hydrogens (primary N) is 1. The molecule has 2 heterocycles. The Balaban J connectivity index is 1.68. The maximum atomic E-state index is 5.49. The fourth-order valence-corrected chi connectivity index (χ4v) is 2.11. The summed E-state index contributed by atoms with van der Waals surface area (Å²) in [5.41, 5.74) is 8.30. The number of aromatic nitrogens is 4. The summed E-state index contributed by atoms with van der Waals surface area (Å²) in [7, 11) is 0. The molecule has 6 nitrogen and oxygen atoms in total. The smallest absolute Gasteiger partial charge is 0.158 e. The van der Waals surface area contributed by atoms with Crippen LogP contribution >= 0.6 is 0 Å². The van der Waals surface area contributed by atoms with E-state index in [1.807, 2.05) is 42.6 Å². The second kappa shape index (κ2) is 6.32. The maximum absolute atomic E-state index is 5.49. The highest BCUT2D eigenvalue weighted by atomic mass is 16.5. The van der Waals surface area contributed by atoms with Gasteiger partial charge in [0.05, 0.1) is 5.69 Å². The number of rotatable bonds is 6. The molecule has 3 rings (SSSR count). The Morgan fingerprint density at radius 1 is 1.19 bits per heavy atom. The van der Waals surface area contributed by atoms with Crippen molar-refractivity contribution in [2.75, 3.05) is 6.54 Å². The van der Waals surface area contributed by atoms with Crippen molar-refractivity contribution in [3.05, 3.63) is 54.0 Å². The summed E-state index contributed by atoms with van der Waals surface area (Å²) in [5.74, 6) is 0.754. The van der Waals surface area contributed by atoms with Gasteiger partial charge in [0.15, 0.2) is 5.76 Å². The molecule has 1 aromatic carbocycles. The van der Waals surface area contributed by atoms with Crippen LogP contribution in [0.2, 0.25) is 0 Å². The molecule has 2 aromatic heterocycles. The van der Waals surface area contributed by atoms with Gasteiger partial charge in [0, 0.05) is 17.8 Å². The number of nitrogens with zero attached hydrogens (tertiary/aromatic N) is 4. The zero-order valence-corrected chi connectivity index (χ0v) is 11.6. The van der Waals surface area contributed by atoms with Gasteiger partial charge in [0.2, 0.25) is 0 Å². The average Bonchev–Trinajstić information content (AvgIpc) is 3.16. The molecule has 2 N–H and O–H groups in total. The van der Waals surface area contributed by atoms with Crippen molar-refractivity contribution in [1.82, 2.24) is 20.2 Å². The van der Waals surface area contributed by atoms with E-state index in [4.69, 9.17) is 10.3 Å². The van der Waals surface area contributed by atoms with E-state index < -0.39 is 0 Å². The predicted octanol–water partition coefficient (Wildman–Crippen LogP) is 1.87. The van der Waals surface area contributed by atoms with E-state index in [1.165, 1.54) is 0 Å². The zero-order chi connectivity index (χ0) is 14.5. The number of hydrogen-bond donors (Lipinski definition) is 1. The summed E-state index contributed by atoms with van der Waals surface area (Å²) in [6, 6.07) is 11.9. The fourth-order valence-electron chi connectivity index (χ4n) is 2.11. The molecular weight excluding hydrogens is 266 g/mol. The molecule has 6 heteroatoms. The van der Waals surface area contributed by atoms with Crippen molar-refractivity contribution in [3.63, 3.8) is 0 Å². The summed E-state index contributed by atoms with van der Waals surface area (Å²) < 4.78 is 7.11. The molecule has 21 heavy (non-hydrogen) atoms. The van der Waals surface area contributed by atoms with Crippen LogP contribution in [0.1, 0.15) is 17.9 Å². The van der Waals surface area contributed by atoms with E-state index >= 15 is 0 Å². The molecule has 0 aliphatic rings. The largest absolute Gasteiger partial charge is 0.359 e. The van der Waals surface area contributed by atoms with Gasteiger partial charge in [0.1, 0.15) is 12.2 Å². The summed E-state index contributed by atoms with van der Waals surface area (Å²) in [6.45, 7) is 1.19. The third kappa shape index (κ3) is 3.35. The number of hydrogen-bond acceptors (Lipinski definition) is 5. The molecule has 0 saturated heterocycles. The minimum absolute atomic E-state index is 0.523. The van der Waals surface area contributed by atoms with Crippen LogP contribution in [0.3, 0.4) is 0 Å². The second-order valence-electron chi connectivity index (χ2n) is 4.84. The van der Waals surface area contributed by atoms with Crippen LogP contribution in [0.4, 0.5) is 0 Å². The van der Waals surface area contributed by atoms with Crippen molar-refractivity contribution < 1.29 is 4.52 Å². The lowest BCUT2D eigenvalue weighted by Gasteiger charge is -1.94. The lowest BCUT2D eigenvalue weighted by Crippen LogP contribution is -2.00. The van der Waals surface area contributed by atoms with Gasteiger partial charge in [-0.3, -0.25) is 0 Å². The molecule has 0 atom stereocenters. The Morgan fingerprint density at radius 3 is 2.86 bits per heavy atom. The van der Waals surface area contributed by atoms with Gasteiger partial charge in [-0.25, -0.2) is 4.68 Å². The standard InChI is InChI=1S/C15H17N5O/c16-8-4-7-13-10-20(19-17-13)11-14-9-15(18-21-14)12-5-2-1-3-6-12/h1-3,5-6,9-10H,4,7-8,11,16H2. The van der Waals surface area contributed by atoms with E-state index in [0.29, 0.717) is 13.1 Å². The first kappa shape index (κ1) is 13.5. The number of aryl methyl sites for hydroxylation is 1. The Hall–Kier alpha value is -2.47. The molecule has 0 aliphatic heterocycles. The summed E-state index contributed by atoms with van der Waals surface area (Å²) in [6.07, 6.45) is 3.68. The molecule has 0 unspecified atom stereocenters. The molecule has 3 aromatic rings. The van der Waals surface area contributed by atoms with Gasteiger partial charge >= 0.3 is 0 Å². The van der Waals surface area contributed by atoms with Gasteiger partial charge in [-0.05, 0) is 19.4 Å². The van der Waals surface area contributed by atoms with Crippen LogP contribution in [0.25, 0.3) is 11.3 Å². The van der Waals surface area contributed by atoms with Gasteiger partial charge in [0.25, 0.3) is 0 Å². The average molecular weight is 283 g/mol. The lowest BCUT2D eigenvalue weighted by atomic mass is 10.1.